The van der Waals surface area contributed by atoms with Gasteiger partial charge in [-0.2, -0.15) is 18.2 Å². The minimum absolute atomic E-state index is 0.0568. The molecule has 2 aromatic heterocycles. The van der Waals surface area contributed by atoms with E-state index in [-0.39, 0.29) is 47.6 Å². The van der Waals surface area contributed by atoms with E-state index >= 15 is 4.39 Å². The summed E-state index contributed by atoms with van der Waals surface area (Å²) in [5.41, 5.74) is 13.8. The van der Waals surface area contributed by atoms with Crippen molar-refractivity contribution in [2.24, 2.45) is 22.4 Å². The van der Waals surface area contributed by atoms with Gasteiger partial charge in [0.15, 0.2) is 11.9 Å². The van der Waals surface area contributed by atoms with Crippen LogP contribution < -0.4 is 16.4 Å². The van der Waals surface area contributed by atoms with E-state index in [1.54, 1.807) is 13.8 Å². The predicted molar refractivity (Wildman–Crippen MR) is 180 cm³/mol. The van der Waals surface area contributed by atoms with Crippen molar-refractivity contribution >= 4 is 23.3 Å². The molecular formula is C36H41F4N7O4. The normalized spacial score (nSPS) is 20.6. The van der Waals surface area contributed by atoms with Crippen molar-refractivity contribution in [3.63, 3.8) is 0 Å². The second kappa shape index (κ2) is 14.3. The molecule has 1 aliphatic heterocycles. The van der Waals surface area contributed by atoms with Gasteiger partial charge < -0.3 is 26.2 Å². The Morgan fingerprint density at radius 1 is 1.06 bits per heavy atom. The highest BCUT2D eigenvalue weighted by Crippen LogP contribution is 2.40. The van der Waals surface area contributed by atoms with Gasteiger partial charge in [-0.3, -0.25) is 9.59 Å². The smallest absolute Gasteiger partial charge is 0.383 e. The molecule has 1 saturated heterocycles. The number of ether oxygens (including phenoxy) is 1. The number of anilines is 1. The van der Waals surface area contributed by atoms with Crippen molar-refractivity contribution in [2.75, 3.05) is 11.4 Å². The Bertz CT molecular complexity index is 1850. The number of primary amides is 1. The number of aliphatic hydroxyl groups excluding tert-OH is 1. The molecule has 11 nitrogen and oxygen atoms in total. The molecule has 51 heavy (non-hydrogen) atoms. The predicted octanol–water partition coefficient (Wildman–Crippen LogP) is 5.32. The van der Waals surface area contributed by atoms with Crippen LogP contribution in [0.3, 0.4) is 0 Å². The molecule has 1 aromatic carbocycles. The molecule has 2 saturated carbocycles. The largest absolute Gasteiger partial charge is 0.433 e. The van der Waals surface area contributed by atoms with Crippen LogP contribution in [0.1, 0.15) is 104 Å². The lowest BCUT2D eigenvalue weighted by Crippen LogP contribution is -2.43. The maximum atomic E-state index is 16.0. The molecule has 3 unspecified atom stereocenters. The van der Waals surface area contributed by atoms with Gasteiger partial charge in [-0.1, -0.05) is 6.42 Å². The third-order valence-electron chi connectivity index (χ3n) is 10.00. The number of aryl methyl sites for hydroxylation is 2. The molecule has 0 bridgehead atoms. The van der Waals surface area contributed by atoms with E-state index in [1.165, 1.54) is 12.1 Å². The molecule has 5 N–H and O–H groups in total. The first kappa shape index (κ1) is 36.3. The first-order chi connectivity index (χ1) is 24.1. The quantitative estimate of drug-likeness (QED) is 0.143. The van der Waals surface area contributed by atoms with Crippen LogP contribution in [-0.2, 0) is 27.1 Å². The fourth-order valence-electron chi connectivity index (χ4n) is 6.88. The van der Waals surface area contributed by atoms with Crippen LogP contribution in [0, 0.1) is 25.6 Å². The average Bonchev–Trinajstić information content (AvgIpc) is 3.86. The summed E-state index contributed by atoms with van der Waals surface area (Å²) in [6.07, 6.45) is -1.43. The zero-order valence-electron chi connectivity index (χ0n) is 28.6. The standard InChI is InChI=1S/C36H41F4N7O4/c1-17-13-21(35(50)46-32(41)24-9-10-28(36(38,39)40)45-30(24)20-5-4-6-20)11-12-47(17)27-15-22(14-26(37)25(27)16-51-23-7-8-23)29-18(2)43-34(44-19(29)3)31(48)33(42)49/h9-10,14-15,17,20-21,23,31,48H,4-8,11-13,16H2,1-3H3,(H2,42,49)(H2,41,46,50). The summed E-state index contributed by atoms with van der Waals surface area (Å²) in [6.45, 7) is 5.70. The molecule has 2 aliphatic carbocycles. The number of pyridine rings is 1. The minimum atomic E-state index is -4.61. The van der Waals surface area contributed by atoms with Gasteiger partial charge in [-0.25, -0.2) is 19.3 Å². The highest BCUT2D eigenvalue weighted by atomic mass is 19.4. The van der Waals surface area contributed by atoms with Crippen LogP contribution in [0.25, 0.3) is 11.1 Å². The fraction of sp³-hybridized carbons (Fsp3) is 0.500. The van der Waals surface area contributed by atoms with E-state index < -0.39 is 41.5 Å². The molecule has 3 aliphatic rings. The van der Waals surface area contributed by atoms with Gasteiger partial charge in [0.2, 0.25) is 0 Å². The van der Waals surface area contributed by atoms with Crippen LogP contribution in [0.15, 0.2) is 29.3 Å². The number of nitrogens with zero attached hydrogens (tertiary/aromatic N) is 5. The monoisotopic (exact) mass is 711 g/mol. The zero-order valence-corrected chi connectivity index (χ0v) is 28.6. The lowest BCUT2D eigenvalue weighted by atomic mass is 9.80. The summed E-state index contributed by atoms with van der Waals surface area (Å²) in [6, 6.07) is 5.09. The number of amidine groups is 1. The van der Waals surface area contributed by atoms with Crippen LogP contribution in [0.2, 0.25) is 0 Å². The number of hydrogen-bond donors (Lipinski definition) is 3. The molecule has 6 rings (SSSR count). The third-order valence-corrected chi connectivity index (χ3v) is 10.00. The summed E-state index contributed by atoms with van der Waals surface area (Å²) < 4.78 is 62.3. The van der Waals surface area contributed by atoms with Gasteiger partial charge in [-0.05, 0) is 89.1 Å². The second-order valence-electron chi connectivity index (χ2n) is 13.8. The highest BCUT2D eigenvalue weighted by Gasteiger charge is 2.36. The number of carbonyl (C=O) groups excluding carboxylic acids is 2. The maximum Gasteiger partial charge on any atom is 0.433 e. The lowest BCUT2D eigenvalue weighted by molar-refractivity contribution is -0.141. The van der Waals surface area contributed by atoms with Gasteiger partial charge >= 0.3 is 6.18 Å². The number of carbonyl (C=O) groups is 2. The number of benzene rings is 1. The number of aliphatic imine (C=N–C) groups is 1. The van der Waals surface area contributed by atoms with Crippen LogP contribution in [-0.4, -0.2) is 56.4 Å². The summed E-state index contributed by atoms with van der Waals surface area (Å²) in [4.78, 5) is 43.7. The molecule has 3 aromatic rings. The molecule has 272 valence electrons. The van der Waals surface area contributed by atoms with E-state index in [4.69, 9.17) is 16.2 Å². The van der Waals surface area contributed by atoms with E-state index in [1.807, 2.05) is 17.9 Å². The van der Waals surface area contributed by atoms with Crippen molar-refractivity contribution < 1.29 is 37.0 Å². The van der Waals surface area contributed by atoms with Gasteiger partial charge in [0.1, 0.15) is 17.3 Å². The summed E-state index contributed by atoms with van der Waals surface area (Å²) in [7, 11) is 0. The number of aromatic nitrogens is 3. The second-order valence-corrected chi connectivity index (χ2v) is 13.8. The fourth-order valence-corrected chi connectivity index (χ4v) is 6.88. The third kappa shape index (κ3) is 7.74. The van der Waals surface area contributed by atoms with Gasteiger partial charge in [0, 0.05) is 58.2 Å². The molecular weight excluding hydrogens is 670 g/mol. The Hall–Kier alpha value is -4.50. The first-order valence-electron chi connectivity index (χ1n) is 17.1. The van der Waals surface area contributed by atoms with Crippen LogP contribution in [0.5, 0.6) is 0 Å². The Morgan fingerprint density at radius 2 is 1.75 bits per heavy atom. The number of alkyl halides is 3. The topological polar surface area (TPSA) is 170 Å². The van der Waals surface area contributed by atoms with Gasteiger partial charge in [0.05, 0.1) is 18.4 Å². The summed E-state index contributed by atoms with van der Waals surface area (Å²) >= 11 is 0. The molecule has 3 atom stereocenters. The van der Waals surface area contributed by atoms with E-state index in [9.17, 15) is 27.9 Å². The van der Waals surface area contributed by atoms with Crippen LogP contribution in [0.4, 0.5) is 23.2 Å². The Morgan fingerprint density at radius 3 is 2.31 bits per heavy atom. The molecule has 3 fully saturated rings. The van der Waals surface area contributed by atoms with Gasteiger partial charge in [-0.15, -0.1) is 0 Å². The van der Waals surface area contributed by atoms with E-state index in [0.717, 1.165) is 25.3 Å². The minimum Gasteiger partial charge on any atom is -0.383 e. The number of rotatable bonds is 10. The van der Waals surface area contributed by atoms with Crippen molar-refractivity contribution in [2.45, 2.75) is 103 Å². The molecule has 2 amide bonds. The van der Waals surface area contributed by atoms with Crippen molar-refractivity contribution in [3.8, 4) is 11.1 Å². The molecule has 15 heteroatoms. The number of piperidine rings is 1. The number of amides is 2. The zero-order chi connectivity index (χ0) is 36.8. The first-order valence-corrected chi connectivity index (χ1v) is 17.1. The maximum absolute atomic E-state index is 16.0. The average molecular weight is 712 g/mol. The molecule has 0 spiro atoms. The van der Waals surface area contributed by atoms with Gasteiger partial charge in [0.25, 0.3) is 11.8 Å². The number of hydrogen-bond acceptors (Lipinski definition) is 8. The van der Waals surface area contributed by atoms with Crippen LogP contribution >= 0.6 is 0 Å². The summed E-state index contributed by atoms with van der Waals surface area (Å²) in [5, 5.41) is 10.1. The van der Waals surface area contributed by atoms with E-state index in [2.05, 4.69) is 19.9 Å². The Kier molecular flexibility index (Phi) is 10.1. The summed E-state index contributed by atoms with van der Waals surface area (Å²) in [5.74, 6) is -2.96. The van der Waals surface area contributed by atoms with Crippen molar-refractivity contribution in [1.29, 1.82) is 0 Å². The lowest BCUT2D eigenvalue weighted by Gasteiger charge is -2.39. The van der Waals surface area contributed by atoms with E-state index in [0.29, 0.717) is 66.0 Å². The Balaban J connectivity index is 1.26. The Labute approximate surface area is 292 Å². The van der Waals surface area contributed by atoms with Crippen molar-refractivity contribution in [1.82, 2.24) is 15.0 Å². The number of nitrogens with two attached hydrogens (primary N) is 2. The highest BCUT2D eigenvalue weighted by molar-refractivity contribution is 6.05. The molecule has 3 heterocycles. The SMILES string of the molecule is Cc1nc(C(O)C(N)=O)nc(C)c1-c1cc(F)c(COC2CC2)c(N2CCC(C(=O)N=C(N)c3ccc(C(F)(F)F)nc3C3CCC3)CC2C)c1. The number of aliphatic hydroxyl groups is 1. The molecule has 0 radical (unpaired) electrons. The number of halogens is 4. The van der Waals surface area contributed by atoms with Crippen molar-refractivity contribution in [3.05, 3.63) is 69.8 Å².